The average Bonchev–Trinajstić information content (AvgIpc) is 3.79. The summed E-state index contributed by atoms with van der Waals surface area (Å²) in [6.45, 7) is 28.8. The molecule has 0 bridgehead atoms. The average molecular weight is 866 g/mol. The van der Waals surface area contributed by atoms with Crippen molar-refractivity contribution in [1.29, 1.82) is 10.5 Å². The summed E-state index contributed by atoms with van der Waals surface area (Å²) < 4.78 is 114. The van der Waals surface area contributed by atoms with Crippen LogP contribution in [-0.4, -0.2) is 9.97 Å². The minimum Gasteiger partial charge on any atom is -0.336 e. The molecular formula is C34H6Br2F8N10. The minimum absolute atomic E-state index is 0.0472. The number of aromatic nitrogens is 2. The molecule has 54 heavy (non-hydrogen) atoms. The van der Waals surface area contributed by atoms with Crippen LogP contribution in [0, 0.1) is 95.5 Å². The number of nitrogens with one attached hydrogen (secondary N) is 1. The molecule has 0 spiro atoms. The van der Waals surface area contributed by atoms with Crippen LogP contribution in [0.5, 0.6) is 0 Å². The van der Waals surface area contributed by atoms with E-state index in [0.717, 1.165) is 12.1 Å². The smallest absolute Gasteiger partial charge is 0.311 e. The van der Waals surface area contributed by atoms with Gasteiger partial charge < -0.3 is 4.98 Å². The molecule has 1 unspecified atom stereocenters. The molecule has 0 saturated carbocycles. The highest BCUT2D eigenvalue weighted by molar-refractivity contribution is 9.11. The minimum atomic E-state index is -1.92. The van der Waals surface area contributed by atoms with Gasteiger partial charge in [-0.1, -0.05) is 44.0 Å². The van der Waals surface area contributed by atoms with E-state index in [2.05, 4.69) is 71.2 Å². The van der Waals surface area contributed by atoms with Crippen molar-refractivity contribution in [3.05, 3.63) is 170 Å². The molecule has 4 aromatic carbocycles. The molecule has 0 fully saturated rings. The van der Waals surface area contributed by atoms with Crippen molar-refractivity contribution in [2.45, 2.75) is 6.04 Å². The van der Waals surface area contributed by atoms with E-state index >= 15 is 0 Å². The van der Waals surface area contributed by atoms with Crippen molar-refractivity contribution in [1.82, 2.24) is 9.97 Å². The van der Waals surface area contributed by atoms with Crippen molar-refractivity contribution in [2.75, 3.05) is 0 Å². The van der Waals surface area contributed by atoms with Gasteiger partial charge in [0.25, 0.3) is 0 Å². The Morgan fingerprint density at radius 2 is 1.22 bits per heavy atom. The van der Waals surface area contributed by atoms with Crippen molar-refractivity contribution in [3.8, 4) is 12.1 Å². The number of imidazole rings is 1. The van der Waals surface area contributed by atoms with Gasteiger partial charge in [-0.2, -0.15) is 10.5 Å². The summed E-state index contributed by atoms with van der Waals surface area (Å²) in [6, 6.07) is 6.20. The summed E-state index contributed by atoms with van der Waals surface area (Å²) in [4.78, 5) is 27.0. The van der Waals surface area contributed by atoms with E-state index in [1.807, 2.05) is 0 Å². The number of benzene rings is 4. The lowest BCUT2D eigenvalue weighted by atomic mass is 10.0. The highest BCUT2D eigenvalue weighted by Crippen LogP contribution is 2.38. The summed E-state index contributed by atoms with van der Waals surface area (Å²) in [5, 5.41) is 17.5. The van der Waals surface area contributed by atoms with Crippen LogP contribution in [0.2, 0.25) is 0 Å². The van der Waals surface area contributed by atoms with Gasteiger partial charge in [-0.25, -0.2) is 66.2 Å². The SMILES string of the molecule is [C-]#[N+]/C(=C1/N=c2ccc(Br)c([N+]#[C-])c2=N1)c1c(F)c(F)c(C#N)c(F)c1F.[C-]#[N+]c1c(Br)ccc2[nH]c(C([N+]#[C-])c3c(F)c(F)c(C#N)c(F)c3F)nc12. The maximum Gasteiger partial charge on any atom is 0.311 e. The molecule has 2 heterocycles. The summed E-state index contributed by atoms with van der Waals surface area (Å²) >= 11 is 6.31. The third-order valence-corrected chi connectivity index (χ3v) is 8.63. The van der Waals surface area contributed by atoms with Crippen LogP contribution < -0.4 is 10.7 Å². The van der Waals surface area contributed by atoms with E-state index < -0.39 is 86.4 Å². The Bertz CT molecular complexity index is 2880. The number of rotatable bonds is 3. The second kappa shape index (κ2) is 14.9. The lowest BCUT2D eigenvalue weighted by Crippen LogP contribution is -2.21. The van der Waals surface area contributed by atoms with Gasteiger partial charge in [-0.15, -0.1) is 0 Å². The van der Waals surface area contributed by atoms with Gasteiger partial charge in [0.05, 0.1) is 47.0 Å². The first-order valence-electron chi connectivity index (χ1n) is 13.9. The Balaban J connectivity index is 0.000000208. The normalized spacial score (nSPS) is 12.6. The van der Waals surface area contributed by atoms with Crippen LogP contribution in [0.15, 0.2) is 49.0 Å². The number of H-pyrrole nitrogens is 1. The Labute approximate surface area is 312 Å². The van der Waals surface area contributed by atoms with Gasteiger partial charge in [0.1, 0.15) is 28.8 Å². The Morgan fingerprint density at radius 1 is 0.704 bits per heavy atom. The van der Waals surface area contributed by atoms with Crippen LogP contribution in [0.1, 0.15) is 34.1 Å². The molecule has 1 atom stereocenters. The summed E-state index contributed by atoms with van der Waals surface area (Å²) in [5.74, 6) is -15.9. The van der Waals surface area contributed by atoms with E-state index in [1.165, 1.54) is 24.3 Å². The molecule has 0 aliphatic carbocycles. The molecule has 1 N–H and O–H groups in total. The first-order chi connectivity index (χ1) is 25.7. The number of fused-ring (bicyclic) bond motifs is 2. The largest absolute Gasteiger partial charge is 0.336 e. The predicted molar refractivity (Wildman–Crippen MR) is 177 cm³/mol. The maximum absolute atomic E-state index is 14.3. The molecule has 262 valence electrons. The molecule has 20 heteroatoms. The first kappa shape index (κ1) is 38.3. The summed E-state index contributed by atoms with van der Waals surface area (Å²) in [5.41, 5.74) is -5.71. The van der Waals surface area contributed by atoms with Crippen molar-refractivity contribution >= 4 is 60.0 Å². The molecule has 10 nitrogen and oxygen atoms in total. The molecule has 0 amide bonds. The highest BCUT2D eigenvalue weighted by Gasteiger charge is 2.37. The van der Waals surface area contributed by atoms with Crippen molar-refractivity contribution in [3.63, 3.8) is 0 Å². The number of aromatic amines is 1. The van der Waals surface area contributed by atoms with E-state index in [4.69, 9.17) is 36.8 Å². The number of nitriles is 2. The maximum atomic E-state index is 14.3. The fourth-order valence-corrected chi connectivity index (χ4v) is 5.72. The van der Waals surface area contributed by atoms with Gasteiger partial charge in [-0.05, 0) is 12.1 Å². The lowest BCUT2D eigenvalue weighted by Gasteiger charge is -2.09. The lowest BCUT2D eigenvalue weighted by molar-refractivity contribution is 0.433. The molecule has 5 aromatic rings. The van der Waals surface area contributed by atoms with Crippen LogP contribution in [0.4, 0.5) is 46.5 Å². The second-order valence-corrected chi connectivity index (χ2v) is 11.9. The summed E-state index contributed by atoms with van der Waals surface area (Å²) in [7, 11) is 0. The van der Waals surface area contributed by atoms with Gasteiger partial charge >= 0.3 is 6.04 Å². The molecular weight excluding hydrogens is 860 g/mol. The molecule has 1 aromatic heterocycles. The van der Waals surface area contributed by atoms with E-state index in [0.29, 0.717) is 14.5 Å². The Hall–Kier alpha value is -6.97. The zero-order chi connectivity index (χ0) is 39.8. The second-order valence-electron chi connectivity index (χ2n) is 10.2. The highest BCUT2D eigenvalue weighted by atomic mass is 79.9. The fourth-order valence-electron chi connectivity index (χ4n) is 4.90. The summed E-state index contributed by atoms with van der Waals surface area (Å²) in [6.07, 6.45) is 0. The molecule has 1 aliphatic heterocycles. The number of nitrogens with zero attached hydrogens (tertiary/aromatic N) is 9. The third-order valence-electron chi connectivity index (χ3n) is 7.35. The molecule has 0 saturated heterocycles. The zero-order valence-electron chi connectivity index (χ0n) is 25.7. The predicted octanol–water partition coefficient (Wildman–Crippen LogP) is 9.24. The van der Waals surface area contributed by atoms with E-state index in [9.17, 15) is 35.1 Å². The number of hydrogen-bond donors (Lipinski definition) is 1. The first-order valence-corrected chi connectivity index (χ1v) is 15.5. The molecule has 0 radical (unpaired) electrons. The zero-order valence-corrected chi connectivity index (χ0v) is 28.9. The van der Waals surface area contributed by atoms with E-state index in [-0.39, 0.29) is 33.4 Å². The number of halogens is 10. The van der Waals surface area contributed by atoms with Crippen LogP contribution >= 0.6 is 31.9 Å². The van der Waals surface area contributed by atoms with Crippen LogP contribution in [0.25, 0.3) is 36.1 Å². The third kappa shape index (κ3) is 6.16. The molecule has 6 rings (SSSR count). The van der Waals surface area contributed by atoms with Crippen LogP contribution in [0.3, 0.4) is 0 Å². The number of hydrogen-bond acceptors (Lipinski definition) is 5. The topological polar surface area (TPSA) is 118 Å². The quantitative estimate of drug-likeness (QED) is 0.111. The Kier molecular flexibility index (Phi) is 10.6. The van der Waals surface area contributed by atoms with Gasteiger partial charge in [-0.3, -0.25) is 9.84 Å². The monoisotopic (exact) mass is 864 g/mol. The van der Waals surface area contributed by atoms with Crippen molar-refractivity contribution in [2.24, 2.45) is 9.98 Å². The van der Waals surface area contributed by atoms with Crippen molar-refractivity contribution < 1.29 is 35.1 Å². The van der Waals surface area contributed by atoms with E-state index in [1.54, 1.807) is 0 Å². The Morgan fingerprint density at radius 3 is 1.72 bits per heavy atom. The van der Waals surface area contributed by atoms with Crippen LogP contribution in [-0.2, 0) is 0 Å². The van der Waals surface area contributed by atoms with Gasteiger partial charge in [0.15, 0.2) is 58.2 Å². The van der Waals surface area contributed by atoms with Gasteiger partial charge in [0.2, 0.25) is 17.1 Å². The molecule has 1 aliphatic rings. The fraction of sp³-hybridized carbons (Fsp3) is 0.0294. The van der Waals surface area contributed by atoms with Gasteiger partial charge in [0, 0.05) is 8.95 Å². The standard InChI is InChI=1S/C17H4BrF4N5.C17H2BrF4N5/c2*1-24-14-7(18)3-4-8-15(14)27-17(26-8)16(25-2)9-12(21)10(19)6(5-23)11(20)13(9)22/h3-4,16H,(H,26,27);3-4H/b;17-16-.